The average molecular weight is 379 g/mol. The molecule has 0 radical (unpaired) electrons. The van der Waals surface area contributed by atoms with Crippen LogP contribution in [0.5, 0.6) is 0 Å². The summed E-state index contributed by atoms with van der Waals surface area (Å²) in [6.07, 6.45) is 3.94. The summed E-state index contributed by atoms with van der Waals surface area (Å²) < 4.78 is 0. The van der Waals surface area contributed by atoms with Gasteiger partial charge in [-0.3, -0.25) is 9.98 Å². The van der Waals surface area contributed by atoms with Gasteiger partial charge in [0, 0.05) is 26.2 Å². The molecule has 2 unspecified atom stereocenters. The van der Waals surface area contributed by atoms with E-state index in [1.54, 1.807) is 0 Å². The Morgan fingerprint density at radius 3 is 1.46 bits per heavy atom. The van der Waals surface area contributed by atoms with Gasteiger partial charge in [0.2, 0.25) is 0 Å². The van der Waals surface area contributed by atoms with E-state index >= 15 is 0 Å². The summed E-state index contributed by atoms with van der Waals surface area (Å²) >= 11 is 0. The number of halogens is 2. The molecule has 0 amide bonds. The zero-order valence-electron chi connectivity index (χ0n) is 15.3. The highest BCUT2D eigenvalue weighted by Crippen LogP contribution is 2.24. The molecule has 0 saturated carbocycles. The predicted octanol–water partition coefficient (Wildman–Crippen LogP) is 3.40. The quantitative estimate of drug-likeness (QED) is 0.694. The fraction of sp³-hybridized carbons (Fsp3) is 0.875. The Hall–Kier alpha value is -0.880. The maximum absolute atomic E-state index is 4.73. The van der Waals surface area contributed by atoms with Crippen LogP contribution in [0.25, 0.3) is 0 Å². The van der Waals surface area contributed by atoms with Crippen LogP contribution in [0.3, 0.4) is 0 Å². The van der Waals surface area contributed by atoms with Crippen molar-refractivity contribution in [3.8, 4) is 0 Å². The van der Waals surface area contributed by atoms with Crippen LogP contribution >= 0.6 is 24.8 Å². The molecular weight excluding hydrogens is 347 g/mol. The van der Waals surface area contributed by atoms with Crippen LogP contribution in [-0.2, 0) is 0 Å². The normalized spacial score (nSPS) is 22.5. The first-order valence-electron chi connectivity index (χ1n) is 8.56. The standard InChI is InChI=1S/C16H30N6.2ClH/c1-5-15(3,13-17-9-7-10-18-13)21-22-16(4,6-2)14-19-11-8-12-20-14;;/h5-12H2,1-4H3,(H,17,18)(H,19,20);2*1H. The van der Waals surface area contributed by atoms with Gasteiger partial charge in [-0.25, -0.2) is 0 Å². The van der Waals surface area contributed by atoms with Crippen molar-refractivity contribution in [2.45, 2.75) is 64.5 Å². The fourth-order valence-corrected chi connectivity index (χ4v) is 2.58. The van der Waals surface area contributed by atoms with E-state index in [0.29, 0.717) is 0 Å². The highest BCUT2D eigenvalue weighted by atomic mass is 35.5. The number of amidine groups is 2. The summed E-state index contributed by atoms with van der Waals surface area (Å²) in [6.45, 7) is 12.2. The summed E-state index contributed by atoms with van der Waals surface area (Å²) in [5.74, 6) is 1.95. The highest BCUT2D eigenvalue weighted by molar-refractivity contribution is 5.93. The Kier molecular flexibility index (Phi) is 9.81. The third-order valence-corrected chi connectivity index (χ3v) is 4.68. The summed E-state index contributed by atoms with van der Waals surface area (Å²) in [6, 6.07) is 0. The fourth-order valence-electron chi connectivity index (χ4n) is 2.58. The first kappa shape index (κ1) is 23.1. The molecule has 24 heavy (non-hydrogen) atoms. The van der Waals surface area contributed by atoms with Gasteiger partial charge in [0.15, 0.2) is 0 Å². The Morgan fingerprint density at radius 1 is 0.833 bits per heavy atom. The van der Waals surface area contributed by atoms with Gasteiger partial charge in [-0.15, -0.1) is 24.8 Å². The van der Waals surface area contributed by atoms with E-state index in [9.17, 15) is 0 Å². The smallest absolute Gasteiger partial charge is 0.135 e. The lowest BCUT2D eigenvalue weighted by Gasteiger charge is -2.31. The van der Waals surface area contributed by atoms with Gasteiger partial charge >= 0.3 is 0 Å². The molecular formula is C16H32Cl2N6. The number of nitrogens with zero attached hydrogens (tertiary/aromatic N) is 4. The van der Waals surface area contributed by atoms with Crippen LogP contribution in [0.4, 0.5) is 0 Å². The Labute approximate surface area is 158 Å². The topological polar surface area (TPSA) is 73.5 Å². The van der Waals surface area contributed by atoms with Crippen molar-refractivity contribution in [3.63, 3.8) is 0 Å². The third kappa shape index (κ3) is 5.31. The summed E-state index contributed by atoms with van der Waals surface area (Å²) in [7, 11) is 0. The molecule has 140 valence electrons. The zero-order valence-corrected chi connectivity index (χ0v) is 16.9. The van der Waals surface area contributed by atoms with Crippen molar-refractivity contribution >= 4 is 36.5 Å². The Morgan fingerprint density at radius 2 is 1.21 bits per heavy atom. The van der Waals surface area contributed by atoms with E-state index in [4.69, 9.17) is 10.2 Å². The van der Waals surface area contributed by atoms with E-state index in [1.807, 2.05) is 0 Å². The largest absolute Gasteiger partial charge is 0.372 e. The van der Waals surface area contributed by atoms with Crippen molar-refractivity contribution in [2.24, 2.45) is 20.2 Å². The molecule has 0 fully saturated rings. The van der Waals surface area contributed by atoms with Crippen molar-refractivity contribution in [3.05, 3.63) is 0 Å². The average Bonchev–Trinajstić information content (AvgIpc) is 2.61. The van der Waals surface area contributed by atoms with Crippen molar-refractivity contribution in [1.82, 2.24) is 10.6 Å². The lowest BCUT2D eigenvalue weighted by atomic mass is 9.96. The van der Waals surface area contributed by atoms with Gasteiger partial charge in [0.1, 0.15) is 22.7 Å². The van der Waals surface area contributed by atoms with Crippen LogP contribution < -0.4 is 10.6 Å². The van der Waals surface area contributed by atoms with Crippen LogP contribution in [0, 0.1) is 0 Å². The lowest BCUT2D eigenvalue weighted by molar-refractivity contribution is 0.470. The van der Waals surface area contributed by atoms with Crippen LogP contribution in [0.15, 0.2) is 20.2 Å². The second-order valence-electron chi connectivity index (χ2n) is 6.48. The molecule has 2 aliphatic rings. The van der Waals surface area contributed by atoms with Crippen LogP contribution in [0.2, 0.25) is 0 Å². The van der Waals surface area contributed by atoms with E-state index in [-0.39, 0.29) is 35.9 Å². The van der Waals surface area contributed by atoms with Crippen molar-refractivity contribution < 1.29 is 0 Å². The second kappa shape index (κ2) is 10.2. The molecule has 2 atom stereocenters. The SMILES string of the molecule is CCC(C)(N=NC(C)(CC)C1=NCCCN1)C1=NCCCN1.Cl.Cl. The first-order valence-corrected chi connectivity index (χ1v) is 8.56. The van der Waals surface area contributed by atoms with Crippen LogP contribution in [0.1, 0.15) is 53.4 Å². The molecule has 0 aliphatic carbocycles. The molecule has 6 nitrogen and oxygen atoms in total. The summed E-state index contributed by atoms with van der Waals surface area (Å²) in [5.41, 5.74) is -0.738. The van der Waals surface area contributed by atoms with E-state index in [0.717, 1.165) is 63.5 Å². The molecule has 0 bridgehead atoms. The molecule has 8 heteroatoms. The molecule has 0 spiro atoms. The summed E-state index contributed by atoms with van der Waals surface area (Å²) in [5, 5.41) is 16.2. The molecule has 2 rings (SSSR count). The van der Waals surface area contributed by atoms with Gasteiger partial charge in [0.25, 0.3) is 0 Å². The lowest BCUT2D eigenvalue weighted by Crippen LogP contribution is -2.48. The van der Waals surface area contributed by atoms with Gasteiger partial charge in [-0.2, -0.15) is 10.2 Å². The van der Waals surface area contributed by atoms with Gasteiger partial charge in [0.05, 0.1) is 0 Å². The minimum absolute atomic E-state index is 0. The Bertz CT molecular complexity index is 437. The van der Waals surface area contributed by atoms with Crippen molar-refractivity contribution in [1.29, 1.82) is 0 Å². The van der Waals surface area contributed by atoms with E-state index in [1.165, 1.54) is 0 Å². The van der Waals surface area contributed by atoms with Gasteiger partial charge in [-0.1, -0.05) is 13.8 Å². The molecule has 0 saturated heterocycles. The Balaban J connectivity index is 0.00000264. The maximum Gasteiger partial charge on any atom is 0.135 e. The molecule has 2 N–H and O–H groups in total. The third-order valence-electron chi connectivity index (χ3n) is 4.68. The van der Waals surface area contributed by atoms with E-state index in [2.05, 4.69) is 48.3 Å². The second-order valence-corrected chi connectivity index (χ2v) is 6.48. The number of aliphatic imine (C=N–C) groups is 2. The van der Waals surface area contributed by atoms with E-state index < -0.39 is 0 Å². The molecule has 0 aromatic rings. The summed E-state index contributed by atoms with van der Waals surface area (Å²) in [4.78, 5) is 9.23. The number of nitrogens with one attached hydrogen (secondary N) is 2. The first-order chi connectivity index (χ1) is 10.5. The zero-order chi connectivity index (χ0) is 16.1. The van der Waals surface area contributed by atoms with Crippen molar-refractivity contribution in [2.75, 3.05) is 26.2 Å². The van der Waals surface area contributed by atoms with Crippen LogP contribution in [-0.4, -0.2) is 48.9 Å². The molecule has 0 aromatic heterocycles. The van der Waals surface area contributed by atoms with Gasteiger partial charge < -0.3 is 10.6 Å². The molecule has 2 aliphatic heterocycles. The molecule has 2 heterocycles. The predicted molar refractivity (Wildman–Crippen MR) is 107 cm³/mol. The number of rotatable bonds is 6. The number of hydrogen-bond acceptors (Lipinski definition) is 6. The molecule has 0 aromatic carbocycles. The minimum atomic E-state index is -0.369. The highest BCUT2D eigenvalue weighted by Gasteiger charge is 2.34. The number of hydrogen-bond donors (Lipinski definition) is 2. The monoisotopic (exact) mass is 378 g/mol. The number of azo groups is 1. The minimum Gasteiger partial charge on any atom is -0.372 e. The maximum atomic E-state index is 4.73. The van der Waals surface area contributed by atoms with Gasteiger partial charge in [-0.05, 0) is 39.5 Å².